The van der Waals surface area contributed by atoms with Gasteiger partial charge in [0.25, 0.3) is 17.1 Å². The fourth-order valence-electron chi connectivity index (χ4n) is 2.83. The summed E-state index contributed by atoms with van der Waals surface area (Å²) in [4.78, 5) is 29.2. The molecular weight excluding hydrogens is 805 g/mol. The first-order chi connectivity index (χ1) is 20.7. The molecule has 0 aliphatic carbocycles. The molecular formula is C27H28BBr3N5O10. The number of para-hydroxylation sites is 1. The molecule has 0 saturated carbocycles. The van der Waals surface area contributed by atoms with Gasteiger partial charge in [0, 0.05) is 32.3 Å². The molecule has 0 fully saturated rings. The summed E-state index contributed by atoms with van der Waals surface area (Å²) in [6, 6.07) is 18.1. The Balaban J connectivity index is 0. The standard InChI is InChI=1S/C7H6BrNO3.C7H8BrNO.C6H4BrNO3.C6H6N2O3.CH4.B/c1-12-6-4-2-3-5(7(6)8)9(10)11;1-10-6-4-2-3-5(9)7(6)8;2*7-6-4(8(10)11)2-1-3-5(6)9;;/h2-4H,1H3;2-4H,9H2,1H3;1-3,9H;1-3,9H,7H2;1H4;. The molecule has 0 bridgehead atoms. The molecule has 0 heterocycles. The van der Waals surface area contributed by atoms with Gasteiger partial charge in [-0.3, -0.25) is 30.3 Å². The summed E-state index contributed by atoms with van der Waals surface area (Å²) in [6.45, 7) is 0. The zero-order valence-corrected chi connectivity index (χ0v) is 28.1. The number of methoxy groups -OCH3 is 2. The third-order valence-electron chi connectivity index (χ3n) is 4.98. The van der Waals surface area contributed by atoms with Crippen molar-refractivity contribution in [2.24, 2.45) is 0 Å². The van der Waals surface area contributed by atoms with Gasteiger partial charge >= 0.3 is 0 Å². The van der Waals surface area contributed by atoms with E-state index in [0.717, 1.165) is 10.2 Å². The van der Waals surface area contributed by atoms with Gasteiger partial charge in [0.1, 0.15) is 31.9 Å². The SMILES string of the molecule is C.COc1cccc(N)c1Br.COc1cccc([N+](=O)[O-])c1Br.Nc1c(O)cccc1[N+](=O)[O-].O=[N+]([O-])c1cccc(O)c1Br.[B]. The lowest BCUT2D eigenvalue weighted by molar-refractivity contribution is -0.385. The number of nitro groups is 3. The van der Waals surface area contributed by atoms with Crippen LogP contribution in [0.4, 0.5) is 28.4 Å². The number of ether oxygens (including phenoxy) is 2. The number of benzene rings is 4. The second kappa shape index (κ2) is 21.2. The Hall–Kier alpha value is -4.62. The van der Waals surface area contributed by atoms with Crippen LogP contribution in [0.25, 0.3) is 0 Å². The van der Waals surface area contributed by atoms with Crippen molar-refractivity contribution in [1.82, 2.24) is 0 Å². The van der Waals surface area contributed by atoms with Crippen molar-refractivity contribution in [2.45, 2.75) is 7.43 Å². The van der Waals surface area contributed by atoms with Gasteiger partial charge in [-0.15, -0.1) is 0 Å². The summed E-state index contributed by atoms with van der Waals surface area (Å²) in [5.74, 6) is 0.836. The number of nitro benzene ring substituents is 3. The van der Waals surface area contributed by atoms with Crippen molar-refractivity contribution in [1.29, 1.82) is 0 Å². The predicted molar refractivity (Wildman–Crippen MR) is 187 cm³/mol. The molecule has 0 aliphatic rings. The lowest BCUT2D eigenvalue weighted by atomic mass is 10.2. The lowest BCUT2D eigenvalue weighted by Crippen LogP contribution is -1.94. The van der Waals surface area contributed by atoms with E-state index in [1.165, 1.54) is 49.6 Å². The van der Waals surface area contributed by atoms with Gasteiger partial charge in [-0.1, -0.05) is 31.7 Å². The molecule has 0 saturated heterocycles. The van der Waals surface area contributed by atoms with Gasteiger partial charge < -0.3 is 31.2 Å². The molecule has 19 heteroatoms. The molecule has 0 atom stereocenters. The van der Waals surface area contributed by atoms with E-state index >= 15 is 0 Å². The monoisotopic (exact) mass is 830 g/mol. The van der Waals surface area contributed by atoms with E-state index < -0.39 is 14.8 Å². The van der Waals surface area contributed by atoms with Crippen LogP contribution in [0, 0.1) is 30.3 Å². The minimum atomic E-state index is -0.644. The molecule has 4 aromatic rings. The fraction of sp³-hybridized carbons (Fsp3) is 0.111. The molecule has 4 rings (SSSR count). The second-order valence-electron chi connectivity index (χ2n) is 7.75. The minimum absolute atomic E-state index is 0. The van der Waals surface area contributed by atoms with Crippen LogP contribution < -0.4 is 20.9 Å². The number of nitrogen functional groups attached to an aromatic ring is 2. The van der Waals surface area contributed by atoms with Crippen molar-refractivity contribution >= 4 is 84.6 Å². The molecule has 245 valence electrons. The van der Waals surface area contributed by atoms with Crippen LogP contribution in [0.5, 0.6) is 23.0 Å². The molecule has 0 unspecified atom stereocenters. The maximum Gasteiger partial charge on any atom is 0.295 e. The highest BCUT2D eigenvalue weighted by molar-refractivity contribution is 9.11. The molecule has 6 N–H and O–H groups in total. The highest BCUT2D eigenvalue weighted by Crippen LogP contribution is 2.34. The van der Waals surface area contributed by atoms with E-state index in [-0.39, 0.29) is 54.6 Å². The number of hydrogen-bond donors (Lipinski definition) is 4. The normalized spacial score (nSPS) is 9.07. The number of phenolic OH excluding ortho intramolecular Hbond substituents is 2. The first kappa shape index (κ1) is 43.5. The van der Waals surface area contributed by atoms with Gasteiger partial charge in [0.05, 0.1) is 33.5 Å². The maximum absolute atomic E-state index is 10.4. The van der Waals surface area contributed by atoms with Gasteiger partial charge in [0.15, 0.2) is 5.69 Å². The van der Waals surface area contributed by atoms with Crippen LogP contribution in [0.1, 0.15) is 7.43 Å². The first-order valence-corrected chi connectivity index (χ1v) is 13.9. The molecule has 3 radical (unpaired) electrons. The van der Waals surface area contributed by atoms with Gasteiger partial charge in [-0.05, 0) is 78.1 Å². The highest BCUT2D eigenvalue weighted by Gasteiger charge is 2.15. The molecule has 46 heavy (non-hydrogen) atoms. The van der Waals surface area contributed by atoms with Gasteiger partial charge in [0.2, 0.25) is 0 Å². The summed E-state index contributed by atoms with van der Waals surface area (Å²) >= 11 is 9.25. The van der Waals surface area contributed by atoms with Crippen LogP contribution in [0.3, 0.4) is 0 Å². The van der Waals surface area contributed by atoms with E-state index in [4.69, 9.17) is 31.2 Å². The van der Waals surface area contributed by atoms with Crippen LogP contribution in [0.2, 0.25) is 0 Å². The Kier molecular flexibility index (Phi) is 20.0. The van der Waals surface area contributed by atoms with E-state index in [0.29, 0.717) is 15.9 Å². The Morgan fingerprint density at radius 1 is 0.609 bits per heavy atom. The fourth-order valence-corrected chi connectivity index (χ4v) is 4.24. The number of hydrogen-bond acceptors (Lipinski definition) is 12. The molecule has 0 spiro atoms. The summed E-state index contributed by atoms with van der Waals surface area (Å²) < 4.78 is 11.2. The van der Waals surface area contributed by atoms with Crippen molar-refractivity contribution < 1.29 is 34.5 Å². The third-order valence-corrected chi connectivity index (χ3v) is 7.44. The van der Waals surface area contributed by atoms with E-state index in [1.54, 1.807) is 19.2 Å². The van der Waals surface area contributed by atoms with Crippen LogP contribution in [-0.4, -0.2) is 47.6 Å². The zero-order chi connectivity index (χ0) is 33.6. The highest BCUT2D eigenvalue weighted by atomic mass is 79.9. The first-order valence-electron chi connectivity index (χ1n) is 11.6. The quantitative estimate of drug-likeness (QED) is 0.0500. The van der Waals surface area contributed by atoms with Crippen LogP contribution in [-0.2, 0) is 0 Å². The van der Waals surface area contributed by atoms with Crippen molar-refractivity contribution in [3.8, 4) is 23.0 Å². The Labute approximate surface area is 290 Å². The minimum Gasteiger partial charge on any atom is -0.507 e. The van der Waals surface area contributed by atoms with Crippen LogP contribution in [0.15, 0.2) is 86.2 Å². The number of nitrogens with zero attached hydrogens (tertiary/aromatic N) is 3. The Bertz CT molecular complexity index is 1570. The summed E-state index contributed by atoms with van der Waals surface area (Å²) in [5, 5.41) is 48.8. The number of nitrogens with two attached hydrogens (primary N) is 2. The second-order valence-corrected chi connectivity index (χ2v) is 10.1. The van der Waals surface area contributed by atoms with Crippen molar-refractivity contribution in [3.63, 3.8) is 0 Å². The topological polar surface area (TPSA) is 240 Å². The van der Waals surface area contributed by atoms with Crippen molar-refractivity contribution in [3.05, 3.63) is 117 Å². The van der Waals surface area contributed by atoms with E-state index in [9.17, 15) is 30.3 Å². The zero-order valence-electron chi connectivity index (χ0n) is 23.3. The largest absolute Gasteiger partial charge is 0.507 e. The molecule has 4 aromatic carbocycles. The van der Waals surface area contributed by atoms with Crippen LogP contribution >= 0.6 is 47.8 Å². The van der Waals surface area contributed by atoms with Crippen molar-refractivity contribution in [2.75, 3.05) is 25.7 Å². The summed E-state index contributed by atoms with van der Waals surface area (Å²) in [7, 11) is 3.07. The number of phenols is 2. The average Bonchev–Trinajstić information content (AvgIpc) is 2.98. The molecule has 15 nitrogen and oxygen atoms in total. The van der Waals surface area contributed by atoms with Gasteiger partial charge in [-0.2, -0.15) is 0 Å². The molecule has 0 aliphatic heterocycles. The Morgan fingerprint density at radius 3 is 1.37 bits per heavy atom. The molecule has 0 aromatic heterocycles. The summed E-state index contributed by atoms with van der Waals surface area (Å²) in [6.07, 6.45) is 0. The number of halogens is 3. The molecule has 0 amide bonds. The number of aromatic hydroxyl groups is 2. The third kappa shape index (κ3) is 12.8. The average molecular weight is 833 g/mol. The smallest absolute Gasteiger partial charge is 0.295 e. The van der Waals surface area contributed by atoms with E-state index in [2.05, 4.69) is 47.8 Å². The van der Waals surface area contributed by atoms with E-state index in [1.807, 2.05) is 18.2 Å². The maximum atomic E-state index is 10.4. The number of anilines is 2. The van der Waals surface area contributed by atoms with Gasteiger partial charge in [-0.25, -0.2) is 0 Å². The predicted octanol–water partition coefficient (Wildman–Crippen LogP) is 7.61. The lowest BCUT2D eigenvalue weighted by Gasteiger charge is -2.03. The summed E-state index contributed by atoms with van der Waals surface area (Å²) in [5.41, 5.74) is 10.9. The number of rotatable bonds is 5. The Morgan fingerprint density at radius 2 is 0.978 bits per heavy atom.